The topological polar surface area (TPSA) is 82.7 Å². The molecule has 28 heavy (non-hydrogen) atoms. The number of carbonyl (C=O) groups is 2. The molecule has 1 aliphatic rings. The van der Waals surface area contributed by atoms with Gasteiger partial charge in [-0.3, -0.25) is 10.2 Å². The summed E-state index contributed by atoms with van der Waals surface area (Å²) in [7, 11) is 1.56. The maximum Gasteiger partial charge on any atom is 0.344 e. The van der Waals surface area contributed by atoms with Crippen LogP contribution in [-0.4, -0.2) is 29.2 Å². The first kappa shape index (κ1) is 19.6. The van der Waals surface area contributed by atoms with E-state index in [9.17, 15) is 9.59 Å². The lowest BCUT2D eigenvalue weighted by molar-refractivity contribution is -0.132. The molecular formula is C20H22N4O3S. The van der Waals surface area contributed by atoms with E-state index >= 15 is 0 Å². The molecule has 0 aromatic heterocycles. The minimum atomic E-state index is -1.20. The van der Waals surface area contributed by atoms with Crippen molar-refractivity contribution in [1.29, 1.82) is 0 Å². The number of nitrogens with one attached hydrogen (secondary N) is 3. The number of hydrogen-bond acceptors (Lipinski definition) is 4. The van der Waals surface area contributed by atoms with Gasteiger partial charge in [0.05, 0.1) is 7.11 Å². The Morgan fingerprint density at radius 1 is 1.11 bits per heavy atom. The molecule has 0 spiro atoms. The summed E-state index contributed by atoms with van der Waals surface area (Å²) >= 11 is 5.27. The summed E-state index contributed by atoms with van der Waals surface area (Å²) in [6.07, 6.45) is 0. The van der Waals surface area contributed by atoms with E-state index in [0.29, 0.717) is 11.3 Å². The molecule has 1 fully saturated rings. The van der Waals surface area contributed by atoms with Crippen LogP contribution in [0.2, 0.25) is 0 Å². The quantitative estimate of drug-likeness (QED) is 0.543. The minimum Gasteiger partial charge on any atom is -0.497 e. The average molecular weight is 398 g/mol. The molecule has 3 N–H and O–H groups in total. The van der Waals surface area contributed by atoms with Gasteiger partial charge in [-0.15, -0.1) is 0 Å². The zero-order valence-corrected chi connectivity index (χ0v) is 16.9. The maximum absolute atomic E-state index is 12.9. The fourth-order valence-electron chi connectivity index (χ4n) is 2.94. The van der Waals surface area contributed by atoms with Crippen molar-refractivity contribution in [1.82, 2.24) is 15.8 Å². The van der Waals surface area contributed by atoms with E-state index in [2.05, 4.69) is 16.1 Å². The molecule has 146 valence electrons. The third-order valence-electron chi connectivity index (χ3n) is 4.84. The van der Waals surface area contributed by atoms with Crippen LogP contribution in [-0.2, 0) is 10.3 Å². The zero-order valence-electron chi connectivity index (χ0n) is 16.1. The lowest BCUT2D eigenvalue weighted by Gasteiger charge is -2.23. The normalized spacial score (nSPS) is 18.6. The van der Waals surface area contributed by atoms with Crippen molar-refractivity contribution in [3.8, 4) is 5.75 Å². The average Bonchev–Trinajstić information content (AvgIpc) is 2.89. The van der Waals surface area contributed by atoms with Gasteiger partial charge in [0.2, 0.25) is 0 Å². The first-order valence-corrected chi connectivity index (χ1v) is 9.11. The Hall–Kier alpha value is -3.13. The molecule has 0 aliphatic carbocycles. The van der Waals surface area contributed by atoms with Crippen molar-refractivity contribution in [3.63, 3.8) is 0 Å². The molecule has 0 radical (unpaired) electrons. The molecule has 1 heterocycles. The predicted molar refractivity (Wildman–Crippen MR) is 111 cm³/mol. The highest BCUT2D eigenvalue weighted by Crippen LogP contribution is 2.29. The van der Waals surface area contributed by atoms with Crippen molar-refractivity contribution >= 4 is 35.0 Å². The van der Waals surface area contributed by atoms with Gasteiger partial charge in [0.15, 0.2) is 5.11 Å². The number of anilines is 1. The number of carbonyl (C=O) groups excluding carboxylic acids is 2. The van der Waals surface area contributed by atoms with Crippen LogP contribution in [0.3, 0.4) is 0 Å². The Labute approximate surface area is 169 Å². The van der Waals surface area contributed by atoms with Gasteiger partial charge in [0.25, 0.3) is 5.91 Å². The van der Waals surface area contributed by atoms with E-state index in [1.165, 1.54) is 0 Å². The Bertz CT molecular complexity index is 945. The Morgan fingerprint density at radius 2 is 1.79 bits per heavy atom. The second-order valence-electron chi connectivity index (χ2n) is 6.79. The number of hydrogen-bond donors (Lipinski definition) is 3. The zero-order chi connectivity index (χ0) is 20.5. The van der Waals surface area contributed by atoms with Crippen molar-refractivity contribution in [2.75, 3.05) is 12.4 Å². The molecule has 1 atom stereocenters. The molecule has 0 bridgehead atoms. The van der Waals surface area contributed by atoms with Gasteiger partial charge in [0, 0.05) is 5.69 Å². The second-order valence-corrected chi connectivity index (χ2v) is 7.20. The number of nitrogens with zero attached hydrogens (tertiary/aromatic N) is 1. The number of imide groups is 1. The Balaban J connectivity index is 1.73. The van der Waals surface area contributed by atoms with Crippen molar-refractivity contribution in [2.45, 2.75) is 26.3 Å². The Kier molecular flexibility index (Phi) is 5.24. The molecule has 3 amide bonds. The van der Waals surface area contributed by atoms with Crippen LogP contribution in [0, 0.1) is 13.8 Å². The highest BCUT2D eigenvalue weighted by atomic mass is 32.1. The van der Waals surface area contributed by atoms with Crippen molar-refractivity contribution < 1.29 is 14.3 Å². The second kappa shape index (κ2) is 7.47. The standard InChI is InChI=1S/C20H22N4O3S/c1-12-5-8-15(11-13(12)2)21-18(28)23-24-17(25)20(3,22-19(24)26)14-6-9-16(27-4)10-7-14/h5-11H,1-4H3,(H,22,26)(H2,21,23,28)/t20-/m0/s1. The molecule has 1 aliphatic heterocycles. The number of benzene rings is 2. The third kappa shape index (κ3) is 3.63. The molecule has 8 heteroatoms. The van der Waals surface area contributed by atoms with Crippen molar-refractivity contribution in [3.05, 3.63) is 59.2 Å². The van der Waals surface area contributed by atoms with Crippen LogP contribution in [0.15, 0.2) is 42.5 Å². The molecule has 2 aromatic carbocycles. The first-order chi connectivity index (χ1) is 13.2. The summed E-state index contributed by atoms with van der Waals surface area (Å²) in [5.74, 6) is 0.213. The van der Waals surface area contributed by atoms with Crippen LogP contribution < -0.4 is 20.8 Å². The fraction of sp³-hybridized carbons (Fsp3) is 0.250. The summed E-state index contributed by atoms with van der Waals surface area (Å²) in [5.41, 5.74) is 5.15. The van der Waals surface area contributed by atoms with E-state index < -0.39 is 17.5 Å². The van der Waals surface area contributed by atoms with E-state index in [0.717, 1.165) is 21.8 Å². The van der Waals surface area contributed by atoms with Gasteiger partial charge in [-0.2, -0.15) is 5.01 Å². The number of rotatable bonds is 4. The third-order valence-corrected chi connectivity index (χ3v) is 5.03. The lowest BCUT2D eigenvalue weighted by Crippen LogP contribution is -2.49. The number of thiocarbonyl (C=S) groups is 1. The summed E-state index contributed by atoms with van der Waals surface area (Å²) in [4.78, 5) is 25.3. The highest BCUT2D eigenvalue weighted by Gasteiger charge is 2.49. The molecule has 0 saturated carbocycles. The molecular weight excluding hydrogens is 376 g/mol. The Morgan fingerprint density at radius 3 is 2.39 bits per heavy atom. The number of ether oxygens (including phenoxy) is 1. The summed E-state index contributed by atoms with van der Waals surface area (Å²) < 4.78 is 5.14. The van der Waals surface area contributed by atoms with E-state index in [4.69, 9.17) is 17.0 Å². The number of hydrazine groups is 1. The highest BCUT2D eigenvalue weighted by molar-refractivity contribution is 7.80. The number of aryl methyl sites for hydroxylation is 2. The van der Waals surface area contributed by atoms with Gasteiger partial charge in [-0.25, -0.2) is 4.79 Å². The van der Waals surface area contributed by atoms with Crippen LogP contribution >= 0.6 is 12.2 Å². The lowest BCUT2D eigenvalue weighted by atomic mass is 9.92. The van der Waals surface area contributed by atoms with Gasteiger partial charge in [-0.05, 0) is 73.9 Å². The molecule has 0 unspecified atom stereocenters. The van der Waals surface area contributed by atoms with Crippen LogP contribution in [0.4, 0.5) is 10.5 Å². The molecule has 7 nitrogen and oxygen atoms in total. The van der Waals surface area contributed by atoms with Crippen LogP contribution in [0.1, 0.15) is 23.6 Å². The van der Waals surface area contributed by atoms with Gasteiger partial charge in [-0.1, -0.05) is 18.2 Å². The SMILES string of the molecule is COc1ccc([C@]2(C)NC(=O)N(NC(=S)Nc3ccc(C)c(C)c3)C2=O)cc1. The van der Waals surface area contributed by atoms with E-state index in [-0.39, 0.29) is 5.11 Å². The first-order valence-electron chi connectivity index (χ1n) is 8.70. The smallest absolute Gasteiger partial charge is 0.344 e. The van der Waals surface area contributed by atoms with E-state index in [1.807, 2.05) is 32.0 Å². The predicted octanol–water partition coefficient (Wildman–Crippen LogP) is 2.98. The summed E-state index contributed by atoms with van der Waals surface area (Å²) in [6, 6.07) is 12.2. The maximum atomic E-state index is 12.9. The van der Waals surface area contributed by atoms with Gasteiger partial charge < -0.3 is 15.4 Å². The molecule has 1 saturated heterocycles. The number of methoxy groups -OCH3 is 1. The van der Waals surface area contributed by atoms with E-state index in [1.54, 1.807) is 38.3 Å². The number of urea groups is 1. The number of amides is 3. The van der Waals surface area contributed by atoms with Gasteiger partial charge >= 0.3 is 6.03 Å². The summed E-state index contributed by atoms with van der Waals surface area (Å²) in [6.45, 7) is 5.66. The fourth-order valence-corrected chi connectivity index (χ4v) is 3.15. The van der Waals surface area contributed by atoms with Crippen LogP contribution in [0.5, 0.6) is 5.75 Å². The summed E-state index contributed by atoms with van der Waals surface area (Å²) in [5, 5.41) is 6.74. The molecule has 3 rings (SSSR count). The monoisotopic (exact) mass is 398 g/mol. The van der Waals surface area contributed by atoms with Crippen molar-refractivity contribution in [2.24, 2.45) is 0 Å². The largest absolute Gasteiger partial charge is 0.497 e. The molecule has 2 aromatic rings. The van der Waals surface area contributed by atoms with Crippen LogP contribution in [0.25, 0.3) is 0 Å². The minimum absolute atomic E-state index is 0.144. The van der Waals surface area contributed by atoms with Gasteiger partial charge in [0.1, 0.15) is 11.3 Å².